The van der Waals surface area contributed by atoms with Crippen LogP contribution in [0.4, 0.5) is 5.69 Å². The van der Waals surface area contributed by atoms with Crippen molar-refractivity contribution < 1.29 is 13.3 Å². The largest absolute Gasteiger partial charge is 0.329 e. The lowest BCUT2D eigenvalue weighted by molar-refractivity contribution is -0.385. The monoisotopic (exact) mass is 401 g/mol. The van der Waals surface area contributed by atoms with E-state index in [1.54, 1.807) is 13.8 Å². The molecule has 2 N–H and O–H groups in total. The quantitative estimate of drug-likeness (QED) is 0.599. The molecule has 0 aliphatic rings. The van der Waals surface area contributed by atoms with Crippen LogP contribution >= 0.6 is 28.3 Å². The molecule has 120 valence electrons. The van der Waals surface area contributed by atoms with Gasteiger partial charge in [-0.25, -0.2) is 8.42 Å². The molecular formula is C11H17BrClN3O4S. The molecule has 1 unspecified atom stereocenters. The number of nitrogens with two attached hydrogens (primary N) is 1. The summed E-state index contributed by atoms with van der Waals surface area (Å²) in [7, 11) is -2.43. The topological polar surface area (TPSA) is 107 Å². The maximum atomic E-state index is 12.4. The zero-order valence-corrected chi connectivity index (χ0v) is 15.0. The summed E-state index contributed by atoms with van der Waals surface area (Å²) in [5.41, 5.74) is 5.59. The summed E-state index contributed by atoms with van der Waals surface area (Å²) in [5.74, 6) is 0. The number of nitrogens with zero attached hydrogens (tertiary/aromatic N) is 2. The molecule has 0 fully saturated rings. The van der Waals surface area contributed by atoms with Crippen LogP contribution < -0.4 is 5.73 Å². The molecule has 0 radical (unpaired) electrons. The van der Waals surface area contributed by atoms with E-state index in [9.17, 15) is 18.5 Å². The highest BCUT2D eigenvalue weighted by molar-refractivity contribution is 9.10. The van der Waals surface area contributed by atoms with Crippen LogP contribution in [0.15, 0.2) is 21.5 Å². The van der Waals surface area contributed by atoms with Gasteiger partial charge in [0.15, 0.2) is 0 Å². The van der Waals surface area contributed by atoms with Crippen molar-refractivity contribution in [2.24, 2.45) is 5.73 Å². The molecule has 1 rings (SSSR count). The fourth-order valence-corrected chi connectivity index (χ4v) is 3.55. The Morgan fingerprint density at radius 1 is 1.48 bits per heavy atom. The van der Waals surface area contributed by atoms with E-state index < -0.39 is 21.0 Å². The van der Waals surface area contributed by atoms with Gasteiger partial charge in [0.1, 0.15) is 0 Å². The van der Waals surface area contributed by atoms with E-state index >= 15 is 0 Å². The zero-order chi connectivity index (χ0) is 15.7. The average Bonchev–Trinajstić information content (AvgIpc) is 2.39. The minimum absolute atomic E-state index is 0. The third-order valence-corrected chi connectivity index (χ3v) is 5.90. The van der Waals surface area contributed by atoms with E-state index in [1.165, 1.54) is 13.1 Å². The third-order valence-electron chi connectivity index (χ3n) is 3.13. The van der Waals surface area contributed by atoms with E-state index in [-0.39, 0.29) is 29.5 Å². The Kier molecular flexibility index (Phi) is 7.24. The number of nitro benzene ring substituents is 1. The van der Waals surface area contributed by atoms with Crippen LogP contribution in [-0.2, 0) is 10.0 Å². The number of hydrogen-bond acceptors (Lipinski definition) is 5. The third kappa shape index (κ3) is 4.13. The number of benzene rings is 1. The fraction of sp³-hybridized carbons (Fsp3) is 0.455. The maximum absolute atomic E-state index is 12.4. The van der Waals surface area contributed by atoms with Gasteiger partial charge in [-0.3, -0.25) is 10.1 Å². The van der Waals surface area contributed by atoms with E-state index in [1.807, 2.05) is 0 Å². The van der Waals surface area contributed by atoms with Crippen LogP contribution in [0.2, 0.25) is 0 Å². The van der Waals surface area contributed by atoms with Gasteiger partial charge in [-0.05, 0) is 19.9 Å². The van der Waals surface area contributed by atoms with Gasteiger partial charge in [0.2, 0.25) is 10.0 Å². The summed E-state index contributed by atoms with van der Waals surface area (Å²) in [6.07, 6.45) is 0. The molecule has 0 saturated heterocycles. The highest BCUT2D eigenvalue weighted by atomic mass is 79.9. The van der Waals surface area contributed by atoms with Gasteiger partial charge in [-0.1, -0.05) is 15.9 Å². The van der Waals surface area contributed by atoms with Crippen LogP contribution in [-0.4, -0.2) is 37.3 Å². The molecule has 0 spiro atoms. The lowest BCUT2D eigenvalue weighted by Crippen LogP contribution is -2.39. The second-order valence-corrected chi connectivity index (χ2v) is 7.26. The molecule has 0 aromatic heterocycles. The predicted molar refractivity (Wildman–Crippen MR) is 86.2 cm³/mol. The molecule has 0 aliphatic carbocycles. The first-order chi connectivity index (χ1) is 9.12. The molecule has 21 heavy (non-hydrogen) atoms. The number of likely N-dealkylation sites (N-methyl/N-ethyl adjacent to an activating group) is 1. The lowest BCUT2D eigenvalue weighted by Gasteiger charge is -2.23. The summed E-state index contributed by atoms with van der Waals surface area (Å²) < 4.78 is 26.3. The first kappa shape index (κ1) is 20.3. The van der Waals surface area contributed by atoms with Crippen molar-refractivity contribution in [1.82, 2.24) is 4.31 Å². The van der Waals surface area contributed by atoms with Crippen molar-refractivity contribution in [3.8, 4) is 0 Å². The van der Waals surface area contributed by atoms with Crippen LogP contribution in [0.25, 0.3) is 0 Å². The van der Waals surface area contributed by atoms with Gasteiger partial charge < -0.3 is 5.73 Å². The number of sulfonamides is 1. The zero-order valence-electron chi connectivity index (χ0n) is 11.7. The van der Waals surface area contributed by atoms with Crippen LogP contribution in [0.1, 0.15) is 12.5 Å². The Labute approximate surface area is 138 Å². The van der Waals surface area contributed by atoms with Crippen molar-refractivity contribution in [3.63, 3.8) is 0 Å². The summed E-state index contributed by atoms with van der Waals surface area (Å²) in [5, 5.41) is 11.0. The van der Waals surface area contributed by atoms with Gasteiger partial charge in [0, 0.05) is 35.7 Å². The van der Waals surface area contributed by atoms with Crippen LogP contribution in [0.3, 0.4) is 0 Å². The number of halogens is 2. The Morgan fingerprint density at radius 2 is 2.00 bits per heavy atom. The second-order valence-electron chi connectivity index (χ2n) is 4.41. The van der Waals surface area contributed by atoms with E-state index in [0.717, 1.165) is 10.4 Å². The highest BCUT2D eigenvalue weighted by Crippen LogP contribution is 2.31. The standard InChI is InChI=1S/C11H16BrN3O4S.ClH/c1-7(6-13)14(3)20(18,19)9-4-10(12)8(2)11(5-9)15(16)17;/h4-5,7H,6,13H2,1-3H3;1H. The average molecular weight is 403 g/mol. The molecule has 1 aromatic carbocycles. The van der Waals surface area contributed by atoms with Crippen molar-refractivity contribution in [3.05, 3.63) is 32.3 Å². The maximum Gasteiger partial charge on any atom is 0.274 e. The Hall–Kier alpha value is -0.740. The van der Waals surface area contributed by atoms with Crippen molar-refractivity contribution in [2.45, 2.75) is 24.8 Å². The molecule has 10 heteroatoms. The minimum Gasteiger partial charge on any atom is -0.329 e. The smallest absolute Gasteiger partial charge is 0.274 e. The molecule has 0 saturated carbocycles. The fourth-order valence-electron chi connectivity index (χ4n) is 1.53. The van der Waals surface area contributed by atoms with Gasteiger partial charge in [0.05, 0.1) is 9.82 Å². The molecule has 1 aromatic rings. The summed E-state index contributed by atoms with van der Waals surface area (Å²) in [6.45, 7) is 3.37. The van der Waals surface area contributed by atoms with Crippen LogP contribution in [0.5, 0.6) is 0 Å². The first-order valence-electron chi connectivity index (χ1n) is 5.75. The molecule has 0 amide bonds. The van der Waals surface area contributed by atoms with Gasteiger partial charge in [0.25, 0.3) is 5.69 Å². The van der Waals surface area contributed by atoms with Gasteiger partial charge >= 0.3 is 0 Å². The summed E-state index contributed by atoms with van der Waals surface area (Å²) in [4.78, 5) is 10.2. The molecule has 0 aliphatic heterocycles. The number of rotatable bonds is 5. The van der Waals surface area contributed by atoms with Crippen molar-refractivity contribution >= 4 is 44.0 Å². The van der Waals surface area contributed by atoms with Gasteiger partial charge in [-0.2, -0.15) is 4.31 Å². The Balaban J connectivity index is 0.00000400. The molecule has 0 heterocycles. The van der Waals surface area contributed by atoms with E-state index in [4.69, 9.17) is 5.73 Å². The van der Waals surface area contributed by atoms with Crippen molar-refractivity contribution in [1.29, 1.82) is 0 Å². The molecule has 7 nitrogen and oxygen atoms in total. The Bertz CT molecular complexity index is 639. The summed E-state index contributed by atoms with van der Waals surface area (Å²) >= 11 is 3.15. The van der Waals surface area contributed by atoms with Crippen molar-refractivity contribution in [2.75, 3.05) is 13.6 Å². The van der Waals surface area contributed by atoms with Gasteiger partial charge in [-0.15, -0.1) is 12.4 Å². The van der Waals surface area contributed by atoms with E-state index in [2.05, 4.69) is 15.9 Å². The Morgan fingerprint density at radius 3 is 2.43 bits per heavy atom. The van der Waals surface area contributed by atoms with E-state index in [0.29, 0.717) is 10.0 Å². The first-order valence-corrected chi connectivity index (χ1v) is 7.98. The normalized spacial score (nSPS) is 12.9. The van der Waals surface area contributed by atoms with Crippen LogP contribution in [0, 0.1) is 17.0 Å². The highest BCUT2D eigenvalue weighted by Gasteiger charge is 2.28. The molecular weight excluding hydrogens is 386 g/mol. The summed E-state index contributed by atoms with van der Waals surface area (Å²) in [6, 6.07) is 2.02. The second kappa shape index (κ2) is 7.50. The number of nitro groups is 1. The SMILES string of the molecule is Cc1c(Br)cc(S(=O)(=O)N(C)C(C)CN)cc1[N+](=O)[O-].Cl. The minimum atomic E-state index is -3.83. The lowest BCUT2D eigenvalue weighted by atomic mass is 10.2. The molecule has 1 atom stereocenters. The predicted octanol–water partition coefficient (Wildman–Crippen LogP) is 2.06. The number of hydrogen-bond donors (Lipinski definition) is 1. The molecule has 0 bridgehead atoms.